The van der Waals surface area contributed by atoms with E-state index in [1.807, 2.05) is 48.5 Å². The second-order valence-electron chi connectivity index (χ2n) is 5.39. The average Bonchev–Trinajstić information content (AvgIpc) is 2.53. The number of hydrogen-bond donors (Lipinski definition) is 0. The molecule has 0 bridgehead atoms. The number of ether oxygens (including phenoxy) is 1. The van der Waals surface area contributed by atoms with E-state index in [9.17, 15) is 9.59 Å². The summed E-state index contributed by atoms with van der Waals surface area (Å²) in [6.07, 6.45) is 1.25. The van der Waals surface area contributed by atoms with E-state index in [0.717, 1.165) is 23.2 Å². The Bertz CT molecular complexity index is 697. The van der Waals surface area contributed by atoms with Gasteiger partial charge in [-0.25, -0.2) is 0 Å². The zero-order valence-corrected chi connectivity index (χ0v) is 12.4. The van der Waals surface area contributed by atoms with E-state index in [0.29, 0.717) is 18.5 Å². The zero-order chi connectivity index (χ0) is 15.5. The quantitative estimate of drug-likeness (QED) is 0.645. The van der Waals surface area contributed by atoms with E-state index in [1.165, 1.54) is 6.92 Å². The maximum atomic E-state index is 11.3. The fourth-order valence-corrected chi connectivity index (χ4v) is 2.88. The summed E-state index contributed by atoms with van der Waals surface area (Å²) >= 11 is 0. The predicted octanol–water partition coefficient (Wildman–Crippen LogP) is 3.13. The second kappa shape index (κ2) is 6.02. The Kier molecular flexibility index (Phi) is 3.92. The van der Waals surface area contributed by atoms with Crippen molar-refractivity contribution in [3.63, 3.8) is 0 Å². The molecule has 112 valence electrons. The maximum Gasteiger partial charge on any atom is 0.302 e. The lowest BCUT2D eigenvalue weighted by atomic mass is 9.97. The van der Waals surface area contributed by atoms with Gasteiger partial charge in [0.2, 0.25) is 0 Å². The summed E-state index contributed by atoms with van der Waals surface area (Å²) in [7, 11) is 0. The number of nitrogens with zero attached hydrogens (tertiary/aromatic N) is 1. The van der Waals surface area contributed by atoms with Gasteiger partial charge in [-0.15, -0.1) is 0 Å². The van der Waals surface area contributed by atoms with E-state index < -0.39 is 0 Å². The predicted molar refractivity (Wildman–Crippen MR) is 84.5 cm³/mol. The molecule has 1 atom stereocenters. The van der Waals surface area contributed by atoms with Crippen LogP contribution in [0.25, 0.3) is 0 Å². The Hall–Kier alpha value is -2.62. The molecule has 1 aliphatic rings. The Morgan fingerprint density at radius 2 is 2.00 bits per heavy atom. The number of anilines is 2. The van der Waals surface area contributed by atoms with Crippen molar-refractivity contribution in [2.75, 3.05) is 11.4 Å². The molecule has 0 aromatic heterocycles. The van der Waals surface area contributed by atoms with Crippen molar-refractivity contribution in [3.8, 4) is 0 Å². The first kappa shape index (κ1) is 14.3. The third kappa shape index (κ3) is 2.86. The van der Waals surface area contributed by atoms with Crippen molar-refractivity contribution in [2.24, 2.45) is 0 Å². The summed E-state index contributed by atoms with van der Waals surface area (Å²) in [6, 6.07) is 15.6. The summed E-state index contributed by atoms with van der Waals surface area (Å²) in [5, 5.41) is 0. The van der Waals surface area contributed by atoms with Crippen LogP contribution in [0.2, 0.25) is 0 Å². The molecular weight excluding hydrogens is 278 g/mol. The second-order valence-corrected chi connectivity index (χ2v) is 5.39. The Morgan fingerprint density at radius 3 is 2.68 bits per heavy atom. The van der Waals surface area contributed by atoms with Crippen molar-refractivity contribution in [1.29, 1.82) is 0 Å². The summed E-state index contributed by atoms with van der Waals surface area (Å²) in [5.74, 6) is -0.284. The summed E-state index contributed by atoms with van der Waals surface area (Å²) < 4.78 is 5.40. The number of carbonyl (C=O) groups excluding carboxylic acids is 2. The third-order valence-electron chi connectivity index (χ3n) is 3.76. The van der Waals surface area contributed by atoms with Crippen LogP contribution in [0.1, 0.15) is 22.8 Å². The minimum absolute atomic E-state index is 0.216. The van der Waals surface area contributed by atoms with Crippen molar-refractivity contribution in [1.82, 2.24) is 0 Å². The van der Waals surface area contributed by atoms with Gasteiger partial charge in [-0.2, -0.15) is 0 Å². The summed E-state index contributed by atoms with van der Waals surface area (Å²) in [4.78, 5) is 24.4. The fourth-order valence-electron chi connectivity index (χ4n) is 2.88. The molecule has 0 saturated heterocycles. The van der Waals surface area contributed by atoms with E-state index in [4.69, 9.17) is 4.74 Å². The highest BCUT2D eigenvalue weighted by molar-refractivity contribution is 5.79. The normalized spacial score (nSPS) is 16.8. The van der Waals surface area contributed by atoms with Gasteiger partial charge in [-0.1, -0.05) is 18.2 Å². The van der Waals surface area contributed by atoms with Crippen LogP contribution in [0.5, 0.6) is 0 Å². The van der Waals surface area contributed by atoms with Gasteiger partial charge in [0.05, 0.1) is 6.54 Å². The topological polar surface area (TPSA) is 46.6 Å². The number of fused-ring (bicyclic) bond motifs is 1. The third-order valence-corrected chi connectivity index (χ3v) is 3.76. The molecule has 0 N–H and O–H groups in total. The highest BCUT2D eigenvalue weighted by Gasteiger charge is 2.27. The van der Waals surface area contributed by atoms with Gasteiger partial charge in [-0.05, 0) is 35.9 Å². The fraction of sp³-hybridized carbons (Fsp3) is 0.222. The minimum atomic E-state index is -0.284. The molecule has 0 spiro atoms. The lowest BCUT2D eigenvalue weighted by Crippen LogP contribution is -2.38. The zero-order valence-electron chi connectivity index (χ0n) is 12.4. The number of benzene rings is 2. The number of para-hydroxylation sites is 1. The molecule has 3 rings (SSSR count). The molecule has 0 radical (unpaired) electrons. The van der Waals surface area contributed by atoms with Gasteiger partial charge >= 0.3 is 5.97 Å². The molecule has 4 nitrogen and oxygen atoms in total. The van der Waals surface area contributed by atoms with Gasteiger partial charge in [0.1, 0.15) is 12.4 Å². The Balaban J connectivity index is 2.02. The van der Waals surface area contributed by atoms with Gasteiger partial charge < -0.3 is 9.64 Å². The molecule has 2 aromatic carbocycles. The van der Waals surface area contributed by atoms with Gasteiger partial charge in [0, 0.05) is 30.3 Å². The van der Waals surface area contributed by atoms with Crippen molar-refractivity contribution >= 4 is 23.6 Å². The molecule has 4 heteroatoms. The molecule has 1 unspecified atom stereocenters. The molecule has 0 fully saturated rings. The first-order valence-electron chi connectivity index (χ1n) is 7.25. The monoisotopic (exact) mass is 295 g/mol. The molecule has 0 saturated carbocycles. The highest BCUT2D eigenvalue weighted by atomic mass is 16.5. The van der Waals surface area contributed by atoms with Gasteiger partial charge in [0.25, 0.3) is 0 Å². The molecule has 1 heterocycles. The first-order chi connectivity index (χ1) is 10.7. The molecule has 0 amide bonds. The first-order valence-corrected chi connectivity index (χ1v) is 7.25. The van der Waals surface area contributed by atoms with E-state index in [-0.39, 0.29) is 12.1 Å². The summed E-state index contributed by atoms with van der Waals surface area (Å²) in [5.41, 5.74) is 3.75. The van der Waals surface area contributed by atoms with Crippen LogP contribution in [-0.4, -0.2) is 24.9 Å². The highest BCUT2D eigenvalue weighted by Crippen LogP contribution is 2.34. The van der Waals surface area contributed by atoms with E-state index in [2.05, 4.69) is 4.90 Å². The van der Waals surface area contributed by atoms with Crippen LogP contribution in [-0.2, 0) is 16.0 Å². The Labute approximate surface area is 129 Å². The number of esters is 1. The maximum absolute atomic E-state index is 11.3. The molecule has 2 aromatic rings. The van der Waals surface area contributed by atoms with Crippen LogP contribution in [0.4, 0.5) is 11.4 Å². The molecule has 0 aliphatic carbocycles. The average molecular weight is 295 g/mol. The Morgan fingerprint density at radius 1 is 1.23 bits per heavy atom. The smallest absolute Gasteiger partial charge is 0.302 e. The van der Waals surface area contributed by atoms with Crippen molar-refractivity contribution < 1.29 is 14.3 Å². The summed E-state index contributed by atoms with van der Waals surface area (Å²) in [6.45, 7) is 2.03. The van der Waals surface area contributed by atoms with Gasteiger partial charge in [-0.3, -0.25) is 9.59 Å². The van der Waals surface area contributed by atoms with Crippen LogP contribution in [0.15, 0.2) is 48.5 Å². The minimum Gasteiger partial charge on any atom is -0.460 e. The lowest BCUT2D eigenvalue weighted by molar-refractivity contribution is -0.145. The van der Waals surface area contributed by atoms with Crippen LogP contribution in [0.3, 0.4) is 0 Å². The number of rotatable bonds is 3. The molecular formula is C18H17NO3. The van der Waals surface area contributed by atoms with E-state index in [1.54, 1.807) is 0 Å². The lowest BCUT2D eigenvalue weighted by Gasteiger charge is -2.35. The number of hydrogen-bond acceptors (Lipinski definition) is 4. The molecule has 1 aliphatic heterocycles. The van der Waals surface area contributed by atoms with Crippen molar-refractivity contribution in [2.45, 2.75) is 19.4 Å². The van der Waals surface area contributed by atoms with Crippen LogP contribution in [0, 0.1) is 0 Å². The van der Waals surface area contributed by atoms with Gasteiger partial charge in [0.15, 0.2) is 0 Å². The SMILES string of the molecule is CC(=O)OC1Cc2cc(C=O)ccc2N(c2ccccc2)C1. The largest absolute Gasteiger partial charge is 0.460 e. The standard InChI is InChI=1S/C18H17NO3/c1-13(21)22-17-10-15-9-14(12-20)7-8-18(15)19(11-17)16-5-3-2-4-6-16/h2-9,12,17H,10-11H2,1H3. The van der Waals surface area contributed by atoms with E-state index >= 15 is 0 Å². The number of aldehydes is 1. The van der Waals surface area contributed by atoms with Crippen molar-refractivity contribution in [3.05, 3.63) is 59.7 Å². The number of carbonyl (C=O) groups is 2. The van der Waals surface area contributed by atoms with Crippen LogP contribution < -0.4 is 4.90 Å². The molecule has 22 heavy (non-hydrogen) atoms. The van der Waals surface area contributed by atoms with Crippen LogP contribution >= 0.6 is 0 Å².